The number of hydrogen-bond acceptors (Lipinski definition) is 4. The first-order valence-corrected chi connectivity index (χ1v) is 13.3. The molecule has 0 amide bonds. The van der Waals surface area contributed by atoms with E-state index in [9.17, 15) is 0 Å². The van der Waals surface area contributed by atoms with Crippen molar-refractivity contribution in [3.8, 4) is 0 Å². The van der Waals surface area contributed by atoms with Crippen molar-refractivity contribution in [2.24, 2.45) is 5.10 Å². The molecule has 2 unspecified atom stereocenters. The lowest BCUT2D eigenvalue weighted by atomic mass is 9.82. The number of para-hydroxylation sites is 3. The zero-order chi connectivity index (χ0) is 25.4. The molecule has 0 bridgehead atoms. The molecule has 0 fully saturated rings. The van der Waals surface area contributed by atoms with Crippen molar-refractivity contribution >= 4 is 46.8 Å². The molecule has 6 rings (SSSR count). The fourth-order valence-corrected chi connectivity index (χ4v) is 5.84. The molecule has 4 nitrogen and oxygen atoms in total. The average Bonchev–Trinajstić information content (AvgIpc) is 3.27. The SMILES string of the molecule is CN(C)CCCN1c2ccccc2C2C(c3ccc(Cl)cc3)=NN(c3ccccc3)C2c2ccccc21.Cl. The van der Waals surface area contributed by atoms with Crippen LogP contribution in [0.2, 0.25) is 5.02 Å². The van der Waals surface area contributed by atoms with Crippen LogP contribution in [0.5, 0.6) is 0 Å². The van der Waals surface area contributed by atoms with Crippen LogP contribution in [0.3, 0.4) is 0 Å². The molecule has 6 heteroatoms. The first-order valence-electron chi connectivity index (χ1n) is 12.9. The minimum absolute atomic E-state index is 0. The van der Waals surface area contributed by atoms with Gasteiger partial charge in [0.15, 0.2) is 0 Å². The maximum Gasteiger partial charge on any atom is 0.0921 e. The van der Waals surface area contributed by atoms with Crippen molar-refractivity contribution in [1.82, 2.24) is 4.90 Å². The highest BCUT2D eigenvalue weighted by Crippen LogP contribution is 2.53. The van der Waals surface area contributed by atoms with Crippen LogP contribution in [0.25, 0.3) is 0 Å². The molecule has 4 aromatic rings. The maximum atomic E-state index is 6.28. The van der Waals surface area contributed by atoms with Crippen molar-refractivity contribution in [2.45, 2.75) is 18.4 Å². The Morgan fingerprint density at radius 1 is 0.763 bits per heavy atom. The van der Waals surface area contributed by atoms with Gasteiger partial charge in [0, 0.05) is 28.5 Å². The summed E-state index contributed by atoms with van der Waals surface area (Å²) < 4.78 is 0. The van der Waals surface area contributed by atoms with E-state index < -0.39 is 0 Å². The number of halogens is 2. The van der Waals surface area contributed by atoms with E-state index in [4.69, 9.17) is 16.7 Å². The second kappa shape index (κ2) is 11.2. The monoisotopic (exact) mass is 542 g/mol. The number of hydrogen-bond donors (Lipinski definition) is 0. The molecule has 2 aliphatic heterocycles. The Kier molecular flexibility index (Phi) is 7.75. The van der Waals surface area contributed by atoms with Gasteiger partial charge in [-0.25, -0.2) is 0 Å². The van der Waals surface area contributed by atoms with Gasteiger partial charge in [0.2, 0.25) is 0 Å². The molecule has 0 aromatic heterocycles. The predicted octanol–water partition coefficient (Wildman–Crippen LogP) is 7.91. The van der Waals surface area contributed by atoms with E-state index >= 15 is 0 Å². The van der Waals surface area contributed by atoms with Gasteiger partial charge < -0.3 is 9.80 Å². The number of hydrazone groups is 1. The van der Waals surface area contributed by atoms with Crippen molar-refractivity contribution < 1.29 is 0 Å². The highest BCUT2D eigenvalue weighted by molar-refractivity contribution is 6.30. The molecule has 0 radical (unpaired) electrons. The average molecular weight is 544 g/mol. The molecule has 2 heterocycles. The van der Waals surface area contributed by atoms with E-state index in [2.05, 4.69) is 120 Å². The van der Waals surface area contributed by atoms with E-state index in [1.165, 1.54) is 22.5 Å². The normalized spacial score (nSPS) is 17.7. The Morgan fingerprint density at radius 3 is 2.05 bits per heavy atom. The summed E-state index contributed by atoms with van der Waals surface area (Å²) in [6, 6.07) is 36.4. The number of fused-ring (bicyclic) bond motifs is 5. The lowest BCUT2D eigenvalue weighted by Gasteiger charge is -2.30. The zero-order valence-electron chi connectivity index (χ0n) is 21.7. The molecule has 0 N–H and O–H groups in total. The Balaban J connectivity index is 0.00000294. The third-order valence-corrected chi connectivity index (χ3v) is 7.60. The molecular weight excluding hydrogens is 511 g/mol. The maximum absolute atomic E-state index is 6.28. The van der Waals surface area contributed by atoms with Crippen LogP contribution in [-0.4, -0.2) is 37.8 Å². The van der Waals surface area contributed by atoms with E-state index in [-0.39, 0.29) is 24.4 Å². The predicted molar refractivity (Wildman–Crippen MR) is 163 cm³/mol. The van der Waals surface area contributed by atoms with Gasteiger partial charge in [0.25, 0.3) is 0 Å². The number of anilines is 3. The lowest BCUT2D eigenvalue weighted by molar-refractivity contribution is 0.402. The summed E-state index contributed by atoms with van der Waals surface area (Å²) in [7, 11) is 4.28. The quantitative estimate of drug-likeness (QED) is 0.247. The first kappa shape index (κ1) is 26.3. The summed E-state index contributed by atoms with van der Waals surface area (Å²) in [5.74, 6) is 0.0672. The summed E-state index contributed by atoms with van der Waals surface area (Å²) in [6.45, 7) is 1.99. The van der Waals surface area contributed by atoms with Gasteiger partial charge in [-0.05, 0) is 74.6 Å². The summed E-state index contributed by atoms with van der Waals surface area (Å²) in [5.41, 5.74) is 8.39. The van der Waals surface area contributed by atoms with Crippen LogP contribution in [0, 0.1) is 0 Å². The van der Waals surface area contributed by atoms with Gasteiger partial charge in [-0.15, -0.1) is 12.4 Å². The van der Waals surface area contributed by atoms with Crippen LogP contribution in [-0.2, 0) is 0 Å². The fraction of sp³-hybridized carbons (Fsp3) is 0.219. The van der Waals surface area contributed by atoms with Crippen LogP contribution in [0.15, 0.2) is 108 Å². The molecule has 2 atom stereocenters. The Hall–Kier alpha value is -3.31. The molecule has 2 aliphatic rings. The molecule has 0 saturated heterocycles. The fourth-order valence-electron chi connectivity index (χ4n) is 5.71. The van der Waals surface area contributed by atoms with Crippen molar-refractivity contribution in [2.75, 3.05) is 37.1 Å². The van der Waals surface area contributed by atoms with E-state index in [1.54, 1.807) is 0 Å². The molecule has 0 spiro atoms. The number of benzene rings is 4. The van der Waals surface area contributed by atoms with Gasteiger partial charge in [0.05, 0.1) is 23.4 Å². The van der Waals surface area contributed by atoms with Crippen LogP contribution in [0.1, 0.15) is 35.1 Å². The minimum Gasteiger partial charge on any atom is -0.341 e. The Morgan fingerprint density at radius 2 is 1.37 bits per heavy atom. The largest absolute Gasteiger partial charge is 0.341 e. The second-order valence-electron chi connectivity index (χ2n) is 10.0. The lowest BCUT2D eigenvalue weighted by Crippen LogP contribution is -2.25. The summed E-state index contributed by atoms with van der Waals surface area (Å²) >= 11 is 6.28. The zero-order valence-corrected chi connectivity index (χ0v) is 23.2. The molecule has 194 valence electrons. The molecule has 38 heavy (non-hydrogen) atoms. The van der Waals surface area contributed by atoms with Gasteiger partial charge in [-0.2, -0.15) is 5.10 Å². The van der Waals surface area contributed by atoms with E-state index in [1.807, 2.05) is 12.1 Å². The summed E-state index contributed by atoms with van der Waals surface area (Å²) in [4.78, 5) is 4.78. The Labute approximate surface area is 236 Å². The van der Waals surface area contributed by atoms with Crippen molar-refractivity contribution in [3.63, 3.8) is 0 Å². The Bertz CT molecular complexity index is 1420. The second-order valence-corrected chi connectivity index (χ2v) is 10.5. The molecule has 0 aliphatic carbocycles. The van der Waals surface area contributed by atoms with Crippen LogP contribution >= 0.6 is 24.0 Å². The van der Waals surface area contributed by atoms with Gasteiger partial charge >= 0.3 is 0 Å². The highest BCUT2D eigenvalue weighted by atomic mass is 35.5. The standard InChI is InChI=1S/C32H31ClN4.ClH/c1-35(2)21-10-22-36-28-15-8-6-13-26(28)30-31(23-17-19-24(33)20-18-23)34-37(25-11-4-3-5-12-25)32(30)27-14-7-9-16-29(27)36;/h3-9,11-20,30,32H,10,21-22H2,1-2H3;1H. The van der Waals surface area contributed by atoms with E-state index in [0.29, 0.717) is 0 Å². The third kappa shape index (κ3) is 4.80. The molecule has 4 aromatic carbocycles. The number of rotatable bonds is 6. The number of nitrogens with zero attached hydrogens (tertiary/aromatic N) is 4. The molecular formula is C32H32Cl2N4. The van der Waals surface area contributed by atoms with Crippen molar-refractivity contribution in [3.05, 3.63) is 125 Å². The van der Waals surface area contributed by atoms with Gasteiger partial charge in [-0.3, -0.25) is 5.01 Å². The van der Waals surface area contributed by atoms with Gasteiger partial charge in [-0.1, -0.05) is 78.3 Å². The first-order chi connectivity index (χ1) is 18.1. The van der Waals surface area contributed by atoms with Crippen molar-refractivity contribution in [1.29, 1.82) is 0 Å². The van der Waals surface area contributed by atoms with E-state index in [0.717, 1.165) is 41.5 Å². The summed E-state index contributed by atoms with van der Waals surface area (Å²) in [6.07, 6.45) is 1.07. The minimum atomic E-state index is 0. The van der Waals surface area contributed by atoms with Gasteiger partial charge in [0.1, 0.15) is 0 Å². The third-order valence-electron chi connectivity index (χ3n) is 7.35. The van der Waals surface area contributed by atoms with Crippen LogP contribution < -0.4 is 9.91 Å². The van der Waals surface area contributed by atoms with Crippen LogP contribution in [0.4, 0.5) is 17.1 Å². The molecule has 0 saturated carbocycles. The smallest absolute Gasteiger partial charge is 0.0921 e. The highest BCUT2D eigenvalue weighted by Gasteiger charge is 2.45. The summed E-state index contributed by atoms with van der Waals surface area (Å²) in [5, 5.41) is 8.30. The topological polar surface area (TPSA) is 22.1 Å².